The lowest BCUT2D eigenvalue weighted by atomic mass is 10.2. The third kappa shape index (κ3) is 2.08. The molecule has 0 aliphatic rings. The first kappa shape index (κ1) is 10.4. The van der Waals surface area contributed by atoms with Crippen LogP contribution in [0.5, 0.6) is 11.5 Å². The first-order chi connectivity index (χ1) is 7.81. The normalized spacial score (nSPS) is 10.1. The summed E-state index contributed by atoms with van der Waals surface area (Å²) in [6, 6.07) is 5.40. The van der Waals surface area contributed by atoms with Crippen molar-refractivity contribution in [1.82, 2.24) is 10.2 Å². The van der Waals surface area contributed by atoms with E-state index in [1.165, 1.54) is 7.11 Å². The van der Waals surface area contributed by atoms with E-state index in [-0.39, 0.29) is 5.75 Å². The maximum absolute atomic E-state index is 9.83. The Bertz CT molecular complexity index is 454. The highest BCUT2D eigenvalue weighted by Gasteiger charge is 2.06. The minimum Gasteiger partial charge on any atom is -0.504 e. The summed E-state index contributed by atoms with van der Waals surface area (Å²) in [6.07, 6.45) is 3.43. The second-order valence-electron chi connectivity index (χ2n) is 3.31. The Kier molecular flexibility index (Phi) is 2.95. The number of nitrogens with zero attached hydrogens (tertiary/aromatic N) is 1. The SMILES string of the molecule is COc1cccc(CNc2cn[nH]c2)c1O. The number of ether oxygens (including phenoxy) is 1. The predicted octanol–water partition coefficient (Wildman–Crippen LogP) is 1.74. The van der Waals surface area contributed by atoms with Crippen LogP contribution in [0.25, 0.3) is 0 Å². The molecule has 1 aromatic carbocycles. The fourth-order valence-electron chi connectivity index (χ4n) is 1.42. The number of aromatic hydroxyl groups is 1. The number of H-pyrrole nitrogens is 1. The van der Waals surface area contributed by atoms with Crippen LogP contribution in [0.15, 0.2) is 30.6 Å². The van der Waals surface area contributed by atoms with Crippen LogP contribution in [0, 0.1) is 0 Å². The molecular formula is C11H13N3O2. The Balaban J connectivity index is 2.09. The van der Waals surface area contributed by atoms with Crippen molar-refractivity contribution in [3.8, 4) is 11.5 Å². The Morgan fingerprint density at radius 2 is 2.38 bits per heavy atom. The fourth-order valence-corrected chi connectivity index (χ4v) is 1.42. The number of benzene rings is 1. The van der Waals surface area contributed by atoms with E-state index in [0.717, 1.165) is 11.3 Å². The average Bonchev–Trinajstić information content (AvgIpc) is 2.81. The Morgan fingerprint density at radius 1 is 1.50 bits per heavy atom. The van der Waals surface area contributed by atoms with Crippen LogP contribution in [0.1, 0.15) is 5.56 Å². The summed E-state index contributed by atoms with van der Waals surface area (Å²) in [5, 5.41) is 19.5. The molecule has 0 atom stereocenters. The van der Waals surface area contributed by atoms with Crippen molar-refractivity contribution in [3.05, 3.63) is 36.2 Å². The summed E-state index contributed by atoms with van der Waals surface area (Å²) in [4.78, 5) is 0. The van der Waals surface area contributed by atoms with Crippen LogP contribution in [0.2, 0.25) is 0 Å². The van der Waals surface area contributed by atoms with Gasteiger partial charge in [-0.2, -0.15) is 5.10 Å². The number of aromatic amines is 1. The molecule has 5 nitrogen and oxygen atoms in total. The van der Waals surface area contributed by atoms with Crippen molar-refractivity contribution < 1.29 is 9.84 Å². The molecule has 1 aromatic heterocycles. The second-order valence-corrected chi connectivity index (χ2v) is 3.31. The van der Waals surface area contributed by atoms with E-state index in [2.05, 4.69) is 15.5 Å². The topological polar surface area (TPSA) is 70.2 Å². The van der Waals surface area contributed by atoms with Gasteiger partial charge in [-0.3, -0.25) is 5.10 Å². The van der Waals surface area contributed by atoms with Gasteiger partial charge in [-0.15, -0.1) is 0 Å². The number of phenols is 1. The summed E-state index contributed by atoms with van der Waals surface area (Å²) < 4.78 is 5.03. The highest BCUT2D eigenvalue weighted by molar-refractivity contribution is 5.47. The maximum atomic E-state index is 9.83. The van der Waals surface area contributed by atoms with Crippen LogP contribution < -0.4 is 10.1 Å². The molecule has 16 heavy (non-hydrogen) atoms. The number of hydrogen-bond donors (Lipinski definition) is 3. The number of rotatable bonds is 4. The largest absolute Gasteiger partial charge is 0.504 e. The average molecular weight is 219 g/mol. The first-order valence-corrected chi connectivity index (χ1v) is 4.88. The summed E-state index contributed by atoms with van der Waals surface area (Å²) >= 11 is 0. The van der Waals surface area contributed by atoms with Crippen molar-refractivity contribution in [2.24, 2.45) is 0 Å². The molecule has 0 unspecified atom stereocenters. The van der Waals surface area contributed by atoms with Gasteiger partial charge in [0.2, 0.25) is 0 Å². The van der Waals surface area contributed by atoms with Crippen molar-refractivity contribution in [3.63, 3.8) is 0 Å². The highest BCUT2D eigenvalue weighted by atomic mass is 16.5. The second kappa shape index (κ2) is 4.57. The molecule has 84 valence electrons. The van der Waals surface area contributed by atoms with Crippen LogP contribution in [0.3, 0.4) is 0 Å². The van der Waals surface area contributed by atoms with E-state index in [9.17, 15) is 5.11 Å². The minimum absolute atomic E-state index is 0.168. The minimum atomic E-state index is 0.168. The van der Waals surface area contributed by atoms with Crippen LogP contribution in [-0.2, 0) is 6.54 Å². The van der Waals surface area contributed by atoms with Gasteiger partial charge in [0, 0.05) is 18.3 Å². The molecular weight excluding hydrogens is 206 g/mol. The van der Waals surface area contributed by atoms with Crippen molar-refractivity contribution >= 4 is 5.69 Å². The molecule has 2 rings (SSSR count). The van der Waals surface area contributed by atoms with Gasteiger partial charge < -0.3 is 15.2 Å². The number of anilines is 1. The number of aromatic nitrogens is 2. The van der Waals surface area contributed by atoms with Gasteiger partial charge in [0.15, 0.2) is 11.5 Å². The zero-order valence-electron chi connectivity index (χ0n) is 8.90. The number of nitrogens with one attached hydrogen (secondary N) is 2. The molecule has 1 heterocycles. The zero-order valence-corrected chi connectivity index (χ0v) is 8.90. The lowest BCUT2D eigenvalue weighted by Crippen LogP contribution is -1.99. The number of methoxy groups -OCH3 is 1. The van der Waals surface area contributed by atoms with Crippen LogP contribution in [-0.4, -0.2) is 22.4 Å². The molecule has 0 aliphatic carbocycles. The molecule has 0 amide bonds. The molecule has 0 spiro atoms. The van der Waals surface area contributed by atoms with E-state index in [1.54, 1.807) is 18.5 Å². The lowest BCUT2D eigenvalue weighted by molar-refractivity contribution is 0.371. The van der Waals surface area contributed by atoms with E-state index < -0.39 is 0 Å². The third-order valence-electron chi connectivity index (χ3n) is 2.28. The van der Waals surface area contributed by atoms with Gasteiger partial charge in [0.1, 0.15) is 0 Å². The summed E-state index contributed by atoms with van der Waals surface area (Å²) in [6.45, 7) is 0.516. The molecule has 0 fully saturated rings. The van der Waals surface area contributed by atoms with E-state index in [0.29, 0.717) is 12.3 Å². The quantitative estimate of drug-likeness (QED) is 0.732. The highest BCUT2D eigenvalue weighted by Crippen LogP contribution is 2.29. The van der Waals surface area contributed by atoms with E-state index >= 15 is 0 Å². The molecule has 0 saturated carbocycles. The van der Waals surface area contributed by atoms with Gasteiger partial charge in [0.05, 0.1) is 19.0 Å². The molecule has 5 heteroatoms. The molecule has 0 radical (unpaired) electrons. The molecule has 0 aliphatic heterocycles. The smallest absolute Gasteiger partial charge is 0.162 e. The summed E-state index contributed by atoms with van der Waals surface area (Å²) in [5.41, 5.74) is 1.66. The molecule has 0 bridgehead atoms. The molecule has 3 N–H and O–H groups in total. The predicted molar refractivity (Wildman–Crippen MR) is 60.6 cm³/mol. The van der Waals surface area contributed by atoms with Crippen LogP contribution in [0.4, 0.5) is 5.69 Å². The van der Waals surface area contributed by atoms with E-state index in [1.807, 2.05) is 12.1 Å². The van der Waals surface area contributed by atoms with Gasteiger partial charge in [-0.1, -0.05) is 12.1 Å². The Hall–Kier alpha value is -2.17. The van der Waals surface area contributed by atoms with E-state index in [4.69, 9.17) is 4.74 Å². The van der Waals surface area contributed by atoms with Gasteiger partial charge >= 0.3 is 0 Å². The monoisotopic (exact) mass is 219 g/mol. The van der Waals surface area contributed by atoms with Gasteiger partial charge in [-0.25, -0.2) is 0 Å². The number of para-hydroxylation sites is 1. The first-order valence-electron chi connectivity index (χ1n) is 4.88. The fraction of sp³-hybridized carbons (Fsp3) is 0.182. The summed E-state index contributed by atoms with van der Waals surface area (Å²) in [7, 11) is 1.53. The van der Waals surface area contributed by atoms with Crippen molar-refractivity contribution in [1.29, 1.82) is 0 Å². The van der Waals surface area contributed by atoms with Crippen LogP contribution >= 0.6 is 0 Å². The van der Waals surface area contributed by atoms with Crippen molar-refractivity contribution in [2.75, 3.05) is 12.4 Å². The standard InChI is InChI=1S/C11H13N3O2/c1-16-10-4-2-3-8(11(10)15)5-12-9-6-13-14-7-9/h2-4,6-7,12,15H,5H2,1H3,(H,13,14). The number of phenolic OH excluding ortho intramolecular Hbond substituents is 1. The number of hydrogen-bond acceptors (Lipinski definition) is 4. The Morgan fingerprint density at radius 3 is 3.06 bits per heavy atom. The zero-order chi connectivity index (χ0) is 11.4. The molecule has 2 aromatic rings. The third-order valence-corrected chi connectivity index (χ3v) is 2.28. The summed E-state index contributed by atoms with van der Waals surface area (Å²) in [5.74, 6) is 0.646. The maximum Gasteiger partial charge on any atom is 0.162 e. The van der Waals surface area contributed by atoms with Crippen molar-refractivity contribution in [2.45, 2.75) is 6.54 Å². The van der Waals surface area contributed by atoms with Gasteiger partial charge in [0.25, 0.3) is 0 Å². The molecule has 0 saturated heterocycles. The van der Waals surface area contributed by atoms with Gasteiger partial charge in [-0.05, 0) is 6.07 Å². The lowest BCUT2D eigenvalue weighted by Gasteiger charge is -2.09. The Labute approximate surface area is 93.1 Å².